The van der Waals surface area contributed by atoms with Gasteiger partial charge in [-0.1, -0.05) is 0 Å². The quantitative estimate of drug-likeness (QED) is 0.712. The highest BCUT2D eigenvalue weighted by Crippen LogP contribution is 2.12. The molecule has 1 atom stereocenters. The summed E-state index contributed by atoms with van der Waals surface area (Å²) in [7, 11) is 1.35. The van der Waals surface area contributed by atoms with Crippen molar-refractivity contribution in [1.82, 2.24) is 9.55 Å². The summed E-state index contributed by atoms with van der Waals surface area (Å²) in [5.41, 5.74) is 5.81. The molecule has 0 aliphatic carbocycles. The van der Waals surface area contributed by atoms with Crippen molar-refractivity contribution in [2.75, 3.05) is 7.11 Å². The molecule has 0 aliphatic rings. The second-order valence-corrected chi connectivity index (χ2v) is 2.96. The SMILES string of the molecule is CCn1ccnc1C(N)CC(=O)OC. The molecule has 0 saturated carbocycles. The maximum Gasteiger partial charge on any atom is 0.307 e. The van der Waals surface area contributed by atoms with E-state index in [0.29, 0.717) is 0 Å². The third-order valence-corrected chi connectivity index (χ3v) is 2.03. The first-order valence-corrected chi connectivity index (χ1v) is 4.52. The van der Waals surface area contributed by atoms with Crippen LogP contribution in [0.2, 0.25) is 0 Å². The fraction of sp³-hybridized carbons (Fsp3) is 0.556. The standard InChI is InChI=1S/C9H15N3O2/c1-3-12-5-4-11-9(12)7(10)6-8(13)14-2/h4-5,7H,3,6,10H2,1-2H3. The third-order valence-electron chi connectivity index (χ3n) is 2.03. The number of methoxy groups -OCH3 is 1. The summed E-state index contributed by atoms with van der Waals surface area (Å²) in [6.45, 7) is 2.79. The van der Waals surface area contributed by atoms with E-state index in [1.807, 2.05) is 17.7 Å². The number of hydrogen-bond donors (Lipinski definition) is 1. The van der Waals surface area contributed by atoms with E-state index < -0.39 is 6.04 Å². The minimum absolute atomic E-state index is 0.160. The van der Waals surface area contributed by atoms with Crippen molar-refractivity contribution in [3.63, 3.8) is 0 Å². The summed E-state index contributed by atoms with van der Waals surface area (Å²) < 4.78 is 6.45. The lowest BCUT2D eigenvalue weighted by atomic mass is 10.2. The molecule has 5 heteroatoms. The van der Waals surface area contributed by atoms with E-state index in [1.54, 1.807) is 6.20 Å². The summed E-state index contributed by atoms with van der Waals surface area (Å²) >= 11 is 0. The van der Waals surface area contributed by atoms with Crippen molar-refractivity contribution in [2.45, 2.75) is 25.9 Å². The number of hydrogen-bond acceptors (Lipinski definition) is 4. The maximum absolute atomic E-state index is 11.0. The Labute approximate surface area is 82.9 Å². The molecule has 1 rings (SSSR count). The van der Waals surface area contributed by atoms with Gasteiger partial charge in [0.1, 0.15) is 5.82 Å². The number of esters is 1. The predicted octanol–water partition coefficient (Wildman–Crippen LogP) is 0.466. The molecular weight excluding hydrogens is 182 g/mol. The van der Waals surface area contributed by atoms with Crippen molar-refractivity contribution in [3.05, 3.63) is 18.2 Å². The predicted molar refractivity (Wildman–Crippen MR) is 51.5 cm³/mol. The largest absolute Gasteiger partial charge is 0.469 e. The molecule has 5 nitrogen and oxygen atoms in total. The minimum atomic E-state index is -0.391. The van der Waals surface area contributed by atoms with E-state index in [-0.39, 0.29) is 12.4 Å². The smallest absolute Gasteiger partial charge is 0.307 e. The number of aryl methyl sites for hydroxylation is 1. The van der Waals surface area contributed by atoms with Crippen LogP contribution < -0.4 is 5.73 Å². The highest BCUT2D eigenvalue weighted by atomic mass is 16.5. The first-order valence-electron chi connectivity index (χ1n) is 4.52. The molecule has 0 saturated heterocycles. The lowest BCUT2D eigenvalue weighted by Gasteiger charge is -2.11. The van der Waals surface area contributed by atoms with Crippen molar-refractivity contribution in [2.24, 2.45) is 5.73 Å². The van der Waals surface area contributed by atoms with Gasteiger partial charge in [-0.2, -0.15) is 0 Å². The van der Waals surface area contributed by atoms with Crippen molar-refractivity contribution >= 4 is 5.97 Å². The van der Waals surface area contributed by atoms with Crippen LogP contribution in [0.25, 0.3) is 0 Å². The molecule has 2 N–H and O–H groups in total. The highest BCUT2D eigenvalue weighted by Gasteiger charge is 2.15. The summed E-state index contributed by atoms with van der Waals surface area (Å²) in [5.74, 6) is 0.404. The van der Waals surface area contributed by atoms with Crippen LogP contribution in [0.3, 0.4) is 0 Å². The Kier molecular flexibility index (Phi) is 3.64. The van der Waals surface area contributed by atoms with E-state index in [9.17, 15) is 4.79 Å². The second-order valence-electron chi connectivity index (χ2n) is 2.96. The minimum Gasteiger partial charge on any atom is -0.469 e. The van der Waals surface area contributed by atoms with Crippen LogP contribution in [0, 0.1) is 0 Å². The number of aromatic nitrogens is 2. The van der Waals surface area contributed by atoms with Crippen molar-refractivity contribution in [3.8, 4) is 0 Å². The number of rotatable bonds is 4. The lowest BCUT2D eigenvalue weighted by molar-refractivity contribution is -0.141. The third kappa shape index (κ3) is 2.32. The fourth-order valence-electron chi connectivity index (χ4n) is 1.27. The Morgan fingerprint density at radius 2 is 2.50 bits per heavy atom. The van der Waals surface area contributed by atoms with Gasteiger partial charge in [-0.25, -0.2) is 4.98 Å². The Balaban J connectivity index is 2.68. The summed E-state index contributed by atoms with van der Waals surface area (Å²) in [4.78, 5) is 15.1. The molecule has 0 bridgehead atoms. The molecule has 0 aromatic carbocycles. The molecule has 0 aliphatic heterocycles. The van der Waals surface area contributed by atoms with Crippen molar-refractivity contribution in [1.29, 1.82) is 0 Å². The number of carbonyl (C=O) groups is 1. The zero-order chi connectivity index (χ0) is 10.6. The normalized spacial score (nSPS) is 12.5. The molecule has 0 spiro atoms. The lowest BCUT2D eigenvalue weighted by Crippen LogP contribution is -2.20. The number of ether oxygens (including phenoxy) is 1. The highest BCUT2D eigenvalue weighted by molar-refractivity contribution is 5.70. The maximum atomic E-state index is 11.0. The first-order chi connectivity index (χ1) is 6.69. The Hall–Kier alpha value is -1.36. The van der Waals surface area contributed by atoms with Crippen LogP contribution in [0.15, 0.2) is 12.4 Å². The topological polar surface area (TPSA) is 70.1 Å². The Morgan fingerprint density at radius 1 is 1.79 bits per heavy atom. The summed E-state index contributed by atoms with van der Waals surface area (Å²) in [6, 6.07) is -0.391. The monoisotopic (exact) mass is 197 g/mol. The number of nitrogens with zero attached hydrogens (tertiary/aromatic N) is 2. The van der Waals surface area contributed by atoms with E-state index in [4.69, 9.17) is 5.73 Å². The average Bonchev–Trinajstić information content (AvgIpc) is 2.65. The number of nitrogens with two attached hydrogens (primary N) is 1. The van der Waals surface area contributed by atoms with Crippen LogP contribution in [0.1, 0.15) is 25.2 Å². The van der Waals surface area contributed by atoms with Gasteiger partial charge < -0.3 is 15.0 Å². The zero-order valence-corrected chi connectivity index (χ0v) is 8.43. The van der Waals surface area contributed by atoms with Gasteiger partial charge in [-0.05, 0) is 6.92 Å². The molecule has 1 unspecified atom stereocenters. The van der Waals surface area contributed by atoms with E-state index >= 15 is 0 Å². The van der Waals surface area contributed by atoms with Gasteiger partial charge in [0, 0.05) is 18.9 Å². The summed E-state index contributed by atoms with van der Waals surface area (Å²) in [6.07, 6.45) is 3.68. The molecule has 78 valence electrons. The molecule has 1 aromatic heterocycles. The molecule has 14 heavy (non-hydrogen) atoms. The van der Waals surface area contributed by atoms with Crippen molar-refractivity contribution < 1.29 is 9.53 Å². The number of carbonyl (C=O) groups excluding carboxylic acids is 1. The van der Waals surface area contributed by atoms with Gasteiger partial charge in [-0.15, -0.1) is 0 Å². The zero-order valence-electron chi connectivity index (χ0n) is 8.43. The van der Waals surface area contributed by atoms with Crippen LogP contribution >= 0.6 is 0 Å². The summed E-state index contributed by atoms with van der Waals surface area (Å²) in [5, 5.41) is 0. The van der Waals surface area contributed by atoms with Gasteiger partial charge in [0.05, 0.1) is 19.6 Å². The van der Waals surface area contributed by atoms with Gasteiger partial charge in [-0.3, -0.25) is 4.79 Å². The Morgan fingerprint density at radius 3 is 3.07 bits per heavy atom. The second kappa shape index (κ2) is 4.76. The fourth-order valence-corrected chi connectivity index (χ4v) is 1.27. The van der Waals surface area contributed by atoms with Crippen LogP contribution in [0.5, 0.6) is 0 Å². The van der Waals surface area contributed by atoms with E-state index in [1.165, 1.54) is 7.11 Å². The van der Waals surface area contributed by atoms with E-state index in [0.717, 1.165) is 12.4 Å². The van der Waals surface area contributed by atoms with E-state index in [2.05, 4.69) is 9.72 Å². The molecule has 0 amide bonds. The van der Waals surface area contributed by atoms with Gasteiger partial charge in [0.15, 0.2) is 0 Å². The average molecular weight is 197 g/mol. The van der Waals surface area contributed by atoms with Crippen LogP contribution in [-0.2, 0) is 16.1 Å². The van der Waals surface area contributed by atoms with Gasteiger partial charge in [0.25, 0.3) is 0 Å². The van der Waals surface area contributed by atoms with Gasteiger partial charge in [0.2, 0.25) is 0 Å². The van der Waals surface area contributed by atoms with Crippen LogP contribution in [0.4, 0.5) is 0 Å². The molecule has 0 radical (unpaired) electrons. The Bertz CT molecular complexity index is 309. The molecule has 1 aromatic rings. The molecule has 1 heterocycles. The first kappa shape index (κ1) is 10.7. The molecular formula is C9H15N3O2. The molecule has 0 fully saturated rings. The number of imidazole rings is 1. The van der Waals surface area contributed by atoms with Gasteiger partial charge >= 0.3 is 5.97 Å². The van der Waals surface area contributed by atoms with Crippen LogP contribution in [-0.4, -0.2) is 22.6 Å².